The molecule has 0 bridgehead atoms. The highest BCUT2D eigenvalue weighted by molar-refractivity contribution is 7.92. The molecule has 0 heterocycles. The number of hydrogen-bond acceptors (Lipinski definition) is 4. The molecule has 0 spiro atoms. The third kappa shape index (κ3) is 6.25. The highest BCUT2D eigenvalue weighted by Gasteiger charge is 2.09. The first-order chi connectivity index (χ1) is 9.44. The Morgan fingerprint density at radius 3 is 2.30 bits per heavy atom. The molecule has 6 heteroatoms. The zero-order valence-corrected chi connectivity index (χ0v) is 13.3. The van der Waals surface area contributed by atoms with Gasteiger partial charge in [-0.25, -0.2) is 8.42 Å². The van der Waals surface area contributed by atoms with Crippen LogP contribution < -0.4 is 14.9 Å². The number of hydrogen-bond donors (Lipinski definition) is 2. The van der Waals surface area contributed by atoms with Crippen LogP contribution in [0.3, 0.4) is 0 Å². The number of benzene rings is 1. The summed E-state index contributed by atoms with van der Waals surface area (Å²) >= 11 is 0. The average Bonchev–Trinajstić information content (AvgIpc) is 2.38. The minimum Gasteiger partial charge on any atom is -0.378 e. The van der Waals surface area contributed by atoms with Crippen molar-refractivity contribution in [3.63, 3.8) is 0 Å². The molecule has 0 saturated heterocycles. The molecule has 0 aliphatic heterocycles. The SMILES string of the molecule is CCCNCCCS(=O)(=O)Nc1ccc(N(C)C)cc1. The Labute approximate surface area is 122 Å². The first-order valence-electron chi connectivity index (χ1n) is 6.93. The number of nitrogens with one attached hydrogen (secondary N) is 2. The minimum atomic E-state index is -3.26. The van der Waals surface area contributed by atoms with E-state index in [9.17, 15) is 8.42 Å². The van der Waals surface area contributed by atoms with Crippen LogP contribution in [0, 0.1) is 0 Å². The second-order valence-electron chi connectivity index (χ2n) is 4.97. The third-order valence-electron chi connectivity index (χ3n) is 2.85. The zero-order chi connectivity index (χ0) is 15.0. The molecule has 2 N–H and O–H groups in total. The van der Waals surface area contributed by atoms with Crippen LogP contribution in [0.4, 0.5) is 11.4 Å². The van der Waals surface area contributed by atoms with Crippen LogP contribution in [0.15, 0.2) is 24.3 Å². The second kappa shape index (κ2) is 8.11. The summed E-state index contributed by atoms with van der Waals surface area (Å²) < 4.78 is 26.4. The largest absolute Gasteiger partial charge is 0.378 e. The van der Waals surface area contributed by atoms with Crippen molar-refractivity contribution in [3.8, 4) is 0 Å². The van der Waals surface area contributed by atoms with Crippen molar-refractivity contribution in [3.05, 3.63) is 24.3 Å². The summed E-state index contributed by atoms with van der Waals surface area (Å²) in [6.45, 7) is 3.75. The molecule has 0 aromatic heterocycles. The average molecular weight is 299 g/mol. The molecule has 1 rings (SSSR count). The fourth-order valence-corrected chi connectivity index (χ4v) is 2.87. The van der Waals surface area contributed by atoms with Crippen LogP contribution in [-0.4, -0.2) is 41.4 Å². The van der Waals surface area contributed by atoms with E-state index >= 15 is 0 Å². The van der Waals surface area contributed by atoms with Gasteiger partial charge in [-0.05, 0) is 50.2 Å². The summed E-state index contributed by atoms with van der Waals surface area (Å²) in [5.41, 5.74) is 1.65. The molecule has 0 unspecified atom stereocenters. The highest BCUT2D eigenvalue weighted by Crippen LogP contribution is 2.16. The molecule has 0 atom stereocenters. The molecule has 0 aliphatic carbocycles. The Morgan fingerprint density at radius 1 is 1.10 bits per heavy atom. The van der Waals surface area contributed by atoms with Crippen molar-refractivity contribution in [1.29, 1.82) is 0 Å². The highest BCUT2D eigenvalue weighted by atomic mass is 32.2. The Hall–Kier alpha value is -1.27. The standard InChI is InChI=1S/C14H25N3O2S/c1-4-10-15-11-5-12-20(18,19)16-13-6-8-14(9-7-13)17(2)3/h6-9,15-16H,4-5,10-12H2,1-3H3. The van der Waals surface area contributed by atoms with Crippen LogP contribution in [0.25, 0.3) is 0 Å². The van der Waals surface area contributed by atoms with Gasteiger partial charge in [0, 0.05) is 25.5 Å². The first kappa shape index (κ1) is 16.8. The van der Waals surface area contributed by atoms with Crippen molar-refractivity contribution in [2.45, 2.75) is 19.8 Å². The van der Waals surface area contributed by atoms with Gasteiger partial charge in [-0.3, -0.25) is 4.72 Å². The number of nitrogens with zero attached hydrogens (tertiary/aromatic N) is 1. The maximum absolute atomic E-state index is 11.9. The predicted molar refractivity (Wildman–Crippen MR) is 86.0 cm³/mol. The van der Waals surface area contributed by atoms with E-state index in [1.165, 1.54) is 0 Å². The van der Waals surface area contributed by atoms with E-state index in [0.717, 1.165) is 25.2 Å². The van der Waals surface area contributed by atoms with E-state index in [0.29, 0.717) is 12.1 Å². The van der Waals surface area contributed by atoms with Gasteiger partial charge in [0.25, 0.3) is 0 Å². The fourth-order valence-electron chi connectivity index (χ4n) is 1.75. The van der Waals surface area contributed by atoms with E-state index in [-0.39, 0.29) is 5.75 Å². The third-order valence-corrected chi connectivity index (χ3v) is 4.22. The fraction of sp³-hybridized carbons (Fsp3) is 0.571. The van der Waals surface area contributed by atoms with Gasteiger partial charge in [0.1, 0.15) is 0 Å². The topological polar surface area (TPSA) is 61.4 Å². The lowest BCUT2D eigenvalue weighted by molar-refractivity contribution is 0.593. The first-order valence-corrected chi connectivity index (χ1v) is 8.58. The molecule has 1 aromatic rings. The van der Waals surface area contributed by atoms with E-state index in [1.807, 2.05) is 31.1 Å². The van der Waals surface area contributed by atoms with E-state index < -0.39 is 10.0 Å². The van der Waals surface area contributed by atoms with Crippen LogP contribution in [-0.2, 0) is 10.0 Å². The summed E-state index contributed by atoms with van der Waals surface area (Å²) in [5, 5.41) is 3.19. The molecule has 1 aromatic carbocycles. The van der Waals surface area contributed by atoms with Crippen LogP contribution in [0.2, 0.25) is 0 Å². The number of anilines is 2. The van der Waals surface area contributed by atoms with Crippen LogP contribution in [0.5, 0.6) is 0 Å². The normalized spacial score (nSPS) is 11.3. The van der Waals surface area contributed by atoms with Gasteiger partial charge in [-0.2, -0.15) is 0 Å². The van der Waals surface area contributed by atoms with E-state index in [4.69, 9.17) is 0 Å². The second-order valence-corrected chi connectivity index (χ2v) is 6.81. The molecule has 20 heavy (non-hydrogen) atoms. The molecule has 0 amide bonds. The Kier molecular flexibility index (Phi) is 6.81. The van der Waals surface area contributed by atoms with Gasteiger partial charge in [-0.15, -0.1) is 0 Å². The van der Waals surface area contributed by atoms with Crippen LogP contribution in [0.1, 0.15) is 19.8 Å². The molecule has 0 radical (unpaired) electrons. The Morgan fingerprint density at radius 2 is 1.75 bits per heavy atom. The lowest BCUT2D eigenvalue weighted by Crippen LogP contribution is -2.22. The molecule has 114 valence electrons. The van der Waals surface area contributed by atoms with E-state index in [1.54, 1.807) is 12.1 Å². The maximum atomic E-state index is 11.9. The number of sulfonamides is 1. The Bertz CT molecular complexity index is 484. The van der Waals surface area contributed by atoms with Gasteiger partial charge in [0.15, 0.2) is 0 Å². The van der Waals surface area contributed by atoms with Gasteiger partial charge >= 0.3 is 0 Å². The predicted octanol–water partition coefficient (Wildman–Crippen LogP) is 1.88. The summed E-state index contributed by atoms with van der Waals surface area (Å²) in [4.78, 5) is 1.97. The monoisotopic (exact) mass is 299 g/mol. The molecule has 0 saturated carbocycles. The molecular formula is C14H25N3O2S. The quantitative estimate of drug-likeness (QED) is 0.684. The van der Waals surface area contributed by atoms with Gasteiger partial charge in [0.05, 0.1) is 5.75 Å². The molecular weight excluding hydrogens is 274 g/mol. The van der Waals surface area contributed by atoms with Crippen molar-refractivity contribution in [2.75, 3.05) is 42.6 Å². The van der Waals surface area contributed by atoms with Crippen molar-refractivity contribution < 1.29 is 8.42 Å². The lowest BCUT2D eigenvalue weighted by atomic mass is 10.3. The van der Waals surface area contributed by atoms with Gasteiger partial charge < -0.3 is 10.2 Å². The summed E-state index contributed by atoms with van der Waals surface area (Å²) in [5.74, 6) is 0.138. The van der Waals surface area contributed by atoms with Gasteiger partial charge in [0.2, 0.25) is 10.0 Å². The molecule has 5 nitrogen and oxygen atoms in total. The minimum absolute atomic E-state index is 0.138. The van der Waals surface area contributed by atoms with Crippen LogP contribution >= 0.6 is 0 Å². The van der Waals surface area contributed by atoms with Crippen molar-refractivity contribution >= 4 is 21.4 Å². The maximum Gasteiger partial charge on any atom is 0.232 e. The summed E-state index contributed by atoms with van der Waals surface area (Å²) in [6, 6.07) is 7.34. The summed E-state index contributed by atoms with van der Waals surface area (Å²) in [6.07, 6.45) is 1.67. The van der Waals surface area contributed by atoms with Crippen molar-refractivity contribution in [1.82, 2.24) is 5.32 Å². The lowest BCUT2D eigenvalue weighted by Gasteiger charge is -2.13. The molecule has 0 fully saturated rings. The summed E-state index contributed by atoms with van der Waals surface area (Å²) in [7, 11) is 0.635. The smallest absolute Gasteiger partial charge is 0.232 e. The Balaban J connectivity index is 2.45. The number of rotatable bonds is 9. The zero-order valence-electron chi connectivity index (χ0n) is 12.5. The molecule has 0 aliphatic rings. The van der Waals surface area contributed by atoms with Crippen molar-refractivity contribution in [2.24, 2.45) is 0 Å². The van der Waals surface area contributed by atoms with Gasteiger partial charge in [-0.1, -0.05) is 6.92 Å². The van der Waals surface area contributed by atoms with E-state index in [2.05, 4.69) is 17.0 Å².